The Hall–Kier alpha value is -1.09. The van der Waals surface area contributed by atoms with Crippen LogP contribution in [-0.4, -0.2) is 24.6 Å². The summed E-state index contributed by atoms with van der Waals surface area (Å²) in [6, 6.07) is 2.16. The van der Waals surface area contributed by atoms with Crippen molar-refractivity contribution in [3.05, 3.63) is 24.0 Å². The van der Waals surface area contributed by atoms with Gasteiger partial charge in [0.2, 0.25) is 0 Å². The van der Waals surface area contributed by atoms with Gasteiger partial charge >= 0.3 is 0 Å². The van der Waals surface area contributed by atoms with Crippen molar-refractivity contribution in [3.63, 3.8) is 0 Å². The predicted octanol–water partition coefficient (Wildman–Crippen LogP) is 2.67. The van der Waals surface area contributed by atoms with Gasteiger partial charge in [-0.1, -0.05) is 20.8 Å². The Kier molecular flexibility index (Phi) is 4.59. The van der Waals surface area contributed by atoms with Crippen molar-refractivity contribution in [2.75, 3.05) is 24.5 Å². The van der Waals surface area contributed by atoms with Crippen LogP contribution < -0.4 is 10.2 Å². The zero-order valence-electron chi connectivity index (χ0n) is 11.8. The molecular weight excluding hydrogens is 222 g/mol. The molecule has 1 aromatic rings. The third-order valence-electron chi connectivity index (χ3n) is 3.95. The Morgan fingerprint density at radius 2 is 2.06 bits per heavy atom. The van der Waals surface area contributed by atoms with E-state index in [-0.39, 0.29) is 0 Å². The van der Waals surface area contributed by atoms with Crippen LogP contribution in [0.1, 0.15) is 32.8 Å². The molecule has 0 spiro atoms. The summed E-state index contributed by atoms with van der Waals surface area (Å²) in [6.45, 7) is 11.2. The molecule has 2 heterocycles. The van der Waals surface area contributed by atoms with E-state index >= 15 is 0 Å². The molecule has 3 nitrogen and oxygen atoms in total. The third-order valence-corrected chi connectivity index (χ3v) is 3.95. The van der Waals surface area contributed by atoms with E-state index in [1.54, 1.807) is 0 Å². The fraction of sp³-hybridized carbons (Fsp3) is 0.667. The molecule has 1 saturated heterocycles. The van der Waals surface area contributed by atoms with Crippen LogP contribution in [0.15, 0.2) is 18.5 Å². The van der Waals surface area contributed by atoms with Gasteiger partial charge < -0.3 is 10.2 Å². The number of pyridine rings is 1. The largest absolute Gasteiger partial charge is 0.371 e. The lowest BCUT2D eigenvalue weighted by molar-refractivity contribution is 0.494. The molecule has 1 aromatic heterocycles. The third kappa shape index (κ3) is 3.02. The Morgan fingerprint density at radius 3 is 2.72 bits per heavy atom. The first kappa shape index (κ1) is 13.3. The van der Waals surface area contributed by atoms with E-state index in [9.17, 15) is 0 Å². The average Bonchev–Trinajstić information content (AvgIpc) is 2.70. The molecule has 100 valence electrons. The molecule has 2 atom stereocenters. The van der Waals surface area contributed by atoms with E-state index in [1.165, 1.54) is 30.8 Å². The summed E-state index contributed by atoms with van der Waals surface area (Å²) in [5.74, 6) is 1.57. The number of nitrogens with zero attached hydrogens (tertiary/aromatic N) is 2. The zero-order valence-corrected chi connectivity index (χ0v) is 11.8. The van der Waals surface area contributed by atoms with E-state index in [4.69, 9.17) is 0 Å². The van der Waals surface area contributed by atoms with E-state index in [1.807, 2.05) is 12.4 Å². The molecular formula is C15H25N3. The van der Waals surface area contributed by atoms with Gasteiger partial charge in [-0.25, -0.2) is 0 Å². The van der Waals surface area contributed by atoms with Gasteiger partial charge in [0.15, 0.2) is 0 Å². The van der Waals surface area contributed by atoms with Gasteiger partial charge in [0.1, 0.15) is 0 Å². The topological polar surface area (TPSA) is 28.2 Å². The fourth-order valence-corrected chi connectivity index (χ4v) is 2.59. The lowest BCUT2D eigenvalue weighted by atomic mass is 10.0. The summed E-state index contributed by atoms with van der Waals surface area (Å²) in [7, 11) is 0. The van der Waals surface area contributed by atoms with Gasteiger partial charge in [0.25, 0.3) is 0 Å². The molecule has 2 rings (SSSR count). The minimum Gasteiger partial charge on any atom is -0.371 e. The maximum atomic E-state index is 4.27. The van der Waals surface area contributed by atoms with Crippen LogP contribution in [0.2, 0.25) is 0 Å². The van der Waals surface area contributed by atoms with Gasteiger partial charge in [-0.15, -0.1) is 0 Å². The summed E-state index contributed by atoms with van der Waals surface area (Å²) in [4.78, 5) is 6.78. The van der Waals surface area contributed by atoms with Gasteiger partial charge in [-0.2, -0.15) is 0 Å². The summed E-state index contributed by atoms with van der Waals surface area (Å²) in [6.07, 6.45) is 5.09. The number of hydrogen-bond acceptors (Lipinski definition) is 3. The number of nitrogens with one attached hydrogen (secondary N) is 1. The molecule has 1 fully saturated rings. The minimum atomic E-state index is 0.787. The van der Waals surface area contributed by atoms with Crippen molar-refractivity contribution in [1.29, 1.82) is 0 Å². The van der Waals surface area contributed by atoms with Gasteiger partial charge in [-0.05, 0) is 30.9 Å². The van der Waals surface area contributed by atoms with E-state index < -0.39 is 0 Å². The minimum absolute atomic E-state index is 0.787. The second kappa shape index (κ2) is 6.19. The number of rotatable bonds is 5. The maximum Gasteiger partial charge on any atom is 0.0443 e. The molecule has 0 amide bonds. The second-order valence-corrected chi connectivity index (χ2v) is 5.54. The number of hydrogen-bond donors (Lipinski definition) is 1. The van der Waals surface area contributed by atoms with Gasteiger partial charge in [0, 0.05) is 43.3 Å². The Labute approximate surface area is 111 Å². The molecule has 3 heteroatoms. The molecule has 0 aromatic carbocycles. The lowest BCUT2D eigenvalue weighted by Gasteiger charge is -2.21. The van der Waals surface area contributed by atoms with Crippen LogP contribution in [0.25, 0.3) is 0 Å². The van der Waals surface area contributed by atoms with Crippen molar-refractivity contribution in [2.24, 2.45) is 11.8 Å². The van der Waals surface area contributed by atoms with Crippen molar-refractivity contribution < 1.29 is 0 Å². The second-order valence-electron chi connectivity index (χ2n) is 5.54. The lowest BCUT2D eigenvalue weighted by Crippen LogP contribution is -2.23. The molecule has 1 aliphatic heterocycles. The van der Waals surface area contributed by atoms with Crippen LogP contribution in [0, 0.1) is 11.8 Å². The average molecular weight is 247 g/mol. The first-order valence-electron chi connectivity index (χ1n) is 7.11. The van der Waals surface area contributed by atoms with Crippen LogP contribution in [-0.2, 0) is 6.54 Å². The Balaban J connectivity index is 2.07. The molecule has 0 aliphatic carbocycles. The van der Waals surface area contributed by atoms with Gasteiger partial charge in [0.05, 0.1) is 0 Å². The van der Waals surface area contributed by atoms with Crippen LogP contribution in [0.4, 0.5) is 5.69 Å². The molecule has 1 aliphatic rings. The van der Waals surface area contributed by atoms with Crippen molar-refractivity contribution in [3.8, 4) is 0 Å². The highest BCUT2D eigenvalue weighted by Crippen LogP contribution is 2.29. The summed E-state index contributed by atoms with van der Waals surface area (Å²) in [5.41, 5.74) is 2.69. The molecule has 1 N–H and O–H groups in total. The summed E-state index contributed by atoms with van der Waals surface area (Å²) >= 11 is 0. The van der Waals surface area contributed by atoms with E-state index in [0.29, 0.717) is 0 Å². The van der Waals surface area contributed by atoms with Crippen LogP contribution in [0.5, 0.6) is 0 Å². The molecule has 2 unspecified atom stereocenters. The highest BCUT2D eigenvalue weighted by molar-refractivity contribution is 5.53. The SMILES string of the molecule is CCCNCc1cnccc1N1CC(C)C(C)C1. The zero-order chi connectivity index (χ0) is 13.0. The number of anilines is 1. The molecule has 18 heavy (non-hydrogen) atoms. The van der Waals surface area contributed by atoms with Crippen molar-refractivity contribution in [1.82, 2.24) is 10.3 Å². The van der Waals surface area contributed by atoms with Crippen molar-refractivity contribution in [2.45, 2.75) is 33.7 Å². The summed E-state index contributed by atoms with van der Waals surface area (Å²) < 4.78 is 0. The fourth-order valence-electron chi connectivity index (χ4n) is 2.59. The number of aromatic nitrogens is 1. The van der Waals surface area contributed by atoms with E-state index in [0.717, 1.165) is 24.9 Å². The summed E-state index contributed by atoms with van der Waals surface area (Å²) in [5, 5.41) is 3.47. The predicted molar refractivity (Wildman–Crippen MR) is 76.8 cm³/mol. The smallest absolute Gasteiger partial charge is 0.0443 e. The first-order valence-corrected chi connectivity index (χ1v) is 7.11. The van der Waals surface area contributed by atoms with E-state index in [2.05, 4.69) is 42.0 Å². The molecule has 0 saturated carbocycles. The maximum absolute atomic E-state index is 4.27. The molecule has 0 radical (unpaired) electrons. The highest BCUT2D eigenvalue weighted by atomic mass is 15.2. The quantitative estimate of drug-likeness (QED) is 0.811. The van der Waals surface area contributed by atoms with Crippen molar-refractivity contribution >= 4 is 5.69 Å². The highest BCUT2D eigenvalue weighted by Gasteiger charge is 2.27. The molecule has 0 bridgehead atoms. The monoisotopic (exact) mass is 247 g/mol. The van der Waals surface area contributed by atoms with Crippen LogP contribution >= 0.6 is 0 Å². The first-order chi connectivity index (χ1) is 8.72. The standard InChI is InChI=1S/C15H25N3/c1-4-6-16-8-14-9-17-7-5-15(14)18-10-12(2)13(3)11-18/h5,7,9,12-13,16H,4,6,8,10-11H2,1-3H3. The Morgan fingerprint density at radius 1 is 1.33 bits per heavy atom. The van der Waals surface area contributed by atoms with Gasteiger partial charge in [-0.3, -0.25) is 4.98 Å². The Bertz CT molecular complexity index is 368. The van der Waals surface area contributed by atoms with Crippen LogP contribution in [0.3, 0.4) is 0 Å². The normalized spacial score (nSPS) is 23.6.